The van der Waals surface area contributed by atoms with Gasteiger partial charge in [-0.3, -0.25) is 4.79 Å². The molecule has 0 atom stereocenters. The fourth-order valence-electron chi connectivity index (χ4n) is 1.16. The van der Waals surface area contributed by atoms with Gasteiger partial charge in [0.05, 0.1) is 25.3 Å². The molecule has 1 amide bonds. The van der Waals surface area contributed by atoms with E-state index in [4.69, 9.17) is 5.11 Å². The van der Waals surface area contributed by atoms with Crippen molar-refractivity contribution in [2.24, 2.45) is 10.5 Å². The van der Waals surface area contributed by atoms with E-state index in [2.05, 4.69) is 5.10 Å². The monoisotopic (exact) mass is 184 g/mol. The van der Waals surface area contributed by atoms with Crippen molar-refractivity contribution in [1.29, 1.82) is 0 Å². The lowest BCUT2D eigenvalue weighted by Crippen LogP contribution is -2.24. The Morgan fingerprint density at radius 1 is 1.54 bits per heavy atom. The highest BCUT2D eigenvalue weighted by molar-refractivity contribution is 6.07. The SMILES string of the molecule is CC(C)(C)C1=NN(CCO)C(=O)C1. The lowest BCUT2D eigenvalue weighted by Gasteiger charge is -2.16. The fourth-order valence-corrected chi connectivity index (χ4v) is 1.16. The number of amides is 1. The lowest BCUT2D eigenvalue weighted by molar-refractivity contribution is -0.129. The Morgan fingerprint density at radius 2 is 2.15 bits per heavy atom. The first-order chi connectivity index (χ1) is 5.95. The number of aliphatic hydroxyl groups is 1. The third kappa shape index (κ3) is 2.28. The number of carbonyl (C=O) groups excluding carboxylic acids is 1. The van der Waals surface area contributed by atoms with Crippen molar-refractivity contribution < 1.29 is 9.90 Å². The second-order valence-corrected chi connectivity index (χ2v) is 4.21. The summed E-state index contributed by atoms with van der Waals surface area (Å²) in [5, 5.41) is 14.2. The van der Waals surface area contributed by atoms with Crippen LogP contribution in [0.1, 0.15) is 27.2 Å². The molecule has 0 aromatic carbocycles. The van der Waals surface area contributed by atoms with Gasteiger partial charge in [-0.2, -0.15) is 5.10 Å². The van der Waals surface area contributed by atoms with Crippen molar-refractivity contribution in [2.75, 3.05) is 13.2 Å². The number of nitrogens with zero attached hydrogens (tertiary/aromatic N) is 2. The normalized spacial score (nSPS) is 18.0. The third-order valence-electron chi connectivity index (χ3n) is 2.03. The van der Waals surface area contributed by atoms with E-state index in [1.807, 2.05) is 20.8 Å². The highest BCUT2D eigenvalue weighted by Crippen LogP contribution is 2.23. The van der Waals surface area contributed by atoms with Crippen molar-refractivity contribution >= 4 is 11.6 Å². The summed E-state index contributed by atoms with van der Waals surface area (Å²) in [5.74, 6) is -0.0148. The van der Waals surface area contributed by atoms with Gasteiger partial charge in [-0.15, -0.1) is 0 Å². The second-order valence-electron chi connectivity index (χ2n) is 4.21. The van der Waals surface area contributed by atoms with Crippen LogP contribution in [-0.4, -0.2) is 34.9 Å². The zero-order chi connectivity index (χ0) is 10.1. The zero-order valence-electron chi connectivity index (χ0n) is 8.37. The predicted octanol–water partition coefficient (Wildman–Crippen LogP) is 0.613. The van der Waals surface area contributed by atoms with Crippen molar-refractivity contribution in [3.63, 3.8) is 0 Å². The number of hydrogen-bond acceptors (Lipinski definition) is 3. The highest BCUT2D eigenvalue weighted by Gasteiger charge is 2.30. The van der Waals surface area contributed by atoms with Gasteiger partial charge in [-0.25, -0.2) is 5.01 Å². The minimum atomic E-state index is -0.0557. The summed E-state index contributed by atoms with van der Waals surface area (Å²) in [5.41, 5.74) is 0.839. The van der Waals surface area contributed by atoms with Crippen molar-refractivity contribution in [2.45, 2.75) is 27.2 Å². The van der Waals surface area contributed by atoms with Gasteiger partial charge >= 0.3 is 0 Å². The molecular weight excluding hydrogens is 168 g/mol. The third-order valence-corrected chi connectivity index (χ3v) is 2.03. The first-order valence-electron chi connectivity index (χ1n) is 4.44. The molecule has 0 saturated carbocycles. The summed E-state index contributed by atoms with van der Waals surface area (Å²) >= 11 is 0. The maximum absolute atomic E-state index is 11.3. The van der Waals surface area contributed by atoms with Crippen LogP contribution in [0.3, 0.4) is 0 Å². The molecule has 74 valence electrons. The van der Waals surface area contributed by atoms with Gasteiger partial charge in [0.2, 0.25) is 5.91 Å². The Hall–Kier alpha value is -0.900. The van der Waals surface area contributed by atoms with Crippen LogP contribution in [0.25, 0.3) is 0 Å². The smallest absolute Gasteiger partial charge is 0.248 e. The Labute approximate surface area is 78.2 Å². The second kappa shape index (κ2) is 3.46. The van der Waals surface area contributed by atoms with E-state index in [-0.39, 0.29) is 17.9 Å². The molecule has 0 saturated heterocycles. The van der Waals surface area contributed by atoms with E-state index in [9.17, 15) is 4.79 Å². The van der Waals surface area contributed by atoms with Crippen LogP contribution in [0.5, 0.6) is 0 Å². The van der Waals surface area contributed by atoms with Crippen LogP contribution in [-0.2, 0) is 4.79 Å². The average molecular weight is 184 g/mol. The predicted molar refractivity (Wildman–Crippen MR) is 50.3 cm³/mol. The van der Waals surface area contributed by atoms with Gasteiger partial charge in [-0.1, -0.05) is 20.8 Å². The summed E-state index contributed by atoms with van der Waals surface area (Å²) in [6, 6.07) is 0. The van der Waals surface area contributed by atoms with Crippen LogP contribution in [0.4, 0.5) is 0 Å². The van der Waals surface area contributed by atoms with E-state index in [0.717, 1.165) is 5.71 Å². The molecular formula is C9H16N2O2. The topological polar surface area (TPSA) is 52.9 Å². The number of rotatable bonds is 2. The fraction of sp³-hybridized carbons (Fsp3) is 0.778. The zero-order valence-corrected chi connectivity index (χ0v) is 8.37. The van der Waals surface area contributed by atoms with Crippen molar-refractivity contribution in [3.05, 3.63) is 0 Å². The van der Waals surface area contributed by atoms with Crippen LogP contribution < -0.4 is 0 Å². The Kier molecular flexibility index (Phi) is 2.71. The lowest BCUT2D eigenvalue weighted by atomic mass is 9.88. The van der Waals surface area contributed by atoms with Crippen molar-refractivity contribution in [3.8, 4) is 0 Å². The van der Waals surface area contributed by atoms with Crippen LogP contribution in [0.15, 0.2) is 5.10 Å². The molecule has 0 unspecified atom stereocenters. The minimum Gasteiger partial charge on any atom is -0.394 e. The number of carbonyl (C=O) groups is 1. The molecule has 1 aliphatic heterocycles. The molecule has 0 fully saturated rings. The van der Waals surface area contributed by atoms with Crippen LogP contribution in [0, 0.1) is 5.41 Å². The first kappa shape index (κ1) is 10.2. The standard InChI is InChI=1S/C9H16N2O2/c1-9(2,3)7-6-8(13)11(10-7)4-5-12/h12H,4-6H2,1-3H3. The Balaban J connectivity index is 2.72. The number of aliphatic hydroxyl groups excluding tert-OH is 1. The molecule has 0 bridgehead atoms. The number of hydrogen-bond donors (Lipinski definition) is 1. The molecule has 0 spiro atoms. The van der Waals surface area contributed by atoms with Gasteiger partial charge in [0.15, 0.2) is 0 Å². The van der Waals surface area contributed by atoms with E-state index >= 15 is 0 Å². The van der Waals surface area contributed by atoms with E-state index in [0.29, 0.717) is 13.0 Å². The average Bonchev–Trinajstić information content (AvgIpc) is 2.32. The maximum atomic E-state index is 11.3. The maximum Gasteiger partial charge on any atom is 0.248 e. The molecule has 13 heavy (non-hydrogen) atoms. The summed E-state index contributed by atoms with van der Waals surface area (Å²) in [6.45, 7) is 6.36. The molecule has 1 rings (SSSR count). The summed E-state index contributed by atoms with van der Waals surface area (Å²) in [4.78, 5) is 11.3. The molecule has 4 nitrogen and oxygen atoms in total. The Bertz CT molecular complexity index is 240. The molecule has 4 heteroatoms. The van der Waals surface area contributed by atoms with E-state index in [1.54, 1.807) is 0 Å². The highest BCUT2D eigenvalue weighted by atomic mass is 16.3. The molecule has 1 aliphatic rings. The van der Waals surface area contributed by atoms with Gasteiger partial charge in [0.1, 0.15) is 0 Å². The summed E-state index contributed by atoms with van der Waals surface area (Å²) < 4.78 is 0. The largest absolute Gasteiger partial charge is 0.394 e. The van der Waals surface area contributed by atoms with Gasteiger partial charge in [0.25, 0.3) is 0 Å². The summed E-state index contributed by atoms with van der Waals surface area (Å²) in [7, 11) is 0. The molecule has 0 aliphatic carbocycles. The molecule has 1 heterocycles. The van der Waals surface area contributed by atoms with Gasteiger partial charge in [-0.05, 0) is 0 Å². The van der Waals surface area contributed by atoms with E-state index < -0.39 is 0 Å². The number of β-amino-alcohol motifs (C(OH)–C–C–N with tert-alkyl or cyclic N) is 1. The molecule has 0 aromatic rings. The summed E-state index contributed by atoms with van der Waals surface area (Å²) in [6.07, 6.45) is 0.392. The number of hydrazone groups is 1. The quantitative estimate of drug-likeness (QED) is 0.683. The molecule has 0 aromatic heterocycles. The van der Waals surface area contributed by atoms with Gasteiger partial charge in [0, 0.05) is 5.41 Å². The van der Waals surface area contributed by atoms with Crippen molar-refractivity contribution in [1.82, 2.24) is 5.01 Å². The molecule has 1 N–H and O–H groups in total. The first-order valence-corrected chi connectivity index (χ1v) is 4.44. The van der Waals surface area contributed by atoms with E-state index in [1.165, 1.54) is 5.01 Å². The van der Waals surface area contributed by atoms with Gasteiger partial charge < -0.3 is 5.11 Å². The molecule has 0 radical (unpaired) electrons. The Morgan fingerprint density at radius 3 is 2.54 bits per heavy atom. The van der Waals surface area contributed by atoms with Crippen LogP contribution >= 0.6 is 0 Å². The minimum absolute atomic E-state index is 0.0148. The van der Waals surface area contributed by atoms with Crippen LogP contribution in [0.2, 0.25) is 0 Å².